The van der Waals surface area contributed by atoms with Gasteiger partial charge in [-0.2, -0.15) is 0 Å². The molecule has 1 fully saturated rings. The molecule has 2 atom stereocenters. The van der Waals surface area contributed by atoms with E-state index in [0.29, 0.717) is 17.2 Å². The quantitative estimate of drug-likeness (QED) is 0.637. The SMILES string of the molecule is COc1ccc(S(=O)(=O)C2CS(=O)(=O)CC2NCc2ccc(OC)c(OC)c2)cc1. The van der Waals surface area contributed by atoms with E-state index in [1.165, 1.54) is 33.5 Å². The standard InChI is InChI=1S/C20H25NO7S2/c1-26-15-5-7-16(8-6-15)30(24,25)20-13-29(22,23)12-17(20)21-11-14-4-9-18(27-2)19(10-14)28-3/h4-10,17,20-21H,11-13H2,1-3H3. The van der Waals surface area contributed by atoms with E-state index in [1.54, 1.807) is 24.3 Å². The fourth-order valence-corrected chi connectivity index (χ4v) is 8.21. The topological polar surface area (TPSA) is 108 Å². The first-order chi connectivity index (χ1) is 14.2. The Morgan fingerprint density at radius 2 is 1.60 bits per heavy atom. The zero-order valence-corrected chi connectivity index (χ0v) is 18.6. The van der Waals surface area contributed by atoms with Gasteiger partial charge in [-0.25, -0.2) is 16.8 Å². The Bertz CT molecular complexity index is 1100. The molecule has 1 heterocycles. The van der Waals surface area contributed by atoms with Crippen LogP contribution in [0.2, 0.25) is 0 Å². The van der Waals surface area contributed by atoms with Crippen LogP contribution in [0, 0.1) is 0 Å². The first-order valence-electron chi connectivity index (χ1n) is 9.23. The molecule has 1 saturated heterocycles. The number of methoxy groups -OCH3 is 3. The first kappa shape index (κ1) is 22.4. The van der Waals surface area contributed by atoms with Crippen LogP contribution in [0.4, 0.5) is 0 Å². The van der Waals surface area contributed by atoms with Crippen LogP contribution in [-0.4, -0.2) is 61.0 Å². The third-order valence-corrected chi connectivity index (χ3v) is 9.27. The highest BCUT2D eigenvalue weighted by atomic mass is 32.2. The minimum atomic E-state index is -3.85. The van der Waals surface area contributed by atoms with Gasteiger partial charge in [-0.3, -0.25) is 0 Å². The highest BCUT2D eigenvalue weighted by molar-refractivity contribution is 7.96. The maximum atomic E-state index is 13.1. The molecule has 164 valence electrons. The molecule has 0 aromatic heterocycles. The lowest BCUT2D eigenvalue weighted by atomic mass is 10.1. The fraction of sp³-hybridized carbons (Fsp3) is 0.400. The van der Waals surface area contributed by atoms with Crippen LogP contribution in [0.3, 0.4) is 0 Å². The zero-order valence-electron chi connectivity index (χ0n) is 17.0. The molecular weight excluding hydrogens is 430 g/mol. The van der Waals surface area contributed by atoms with E-state index in [9.17, 15) is 16.8 Å². The maximum Gasteiger partial charge on any atom is 0.183 e. The van der Waals surface area contributed by atoms with E-state index in [-0.39, 0.29) is 17.2 Å². The monoisotopic (exact) mass is 455 g/mol. The fourth-order valence-electron chi connectivity index (χ4n) is 3.49. The second kappa shape index (κ2) is 8.83. The number of rotatable bonds is 8. The number of nitrogens with one attached hydrogen (secondary N) is 1. The van der Waals surface area contributed by atoms with Crippen LogP contribution >= 0.6 is 0 Å². The van der Waals surface area contributed by atoms with Crippen molar-refractivity contribution in [3.63, 3.8) is 0 Å². The molecule has 8 nitrogen and oxygen atoms in total. The summed E-state index contributed by atoms with van der Waals surface area (Å²) in [6.45, 7) is 0.287. The van der Waals surface area contributed by atoms with Crippen LogP contribution in [0.5, 0.6) is 17.2 Å². The largest absolute Gasteiger partial charge is 0.497 e. The minimum Gasteiger partial charge on any atom is -0.497 e. The van der Waals surface area contributed by atoms with Gasteiger partial charge in [-0.1, -0.05) is 6.07 Å². The lowest BCUT2D eigenvalue weighted by molar-refractivity contribution is 0.354. The van der Waals surface area contributed by atoms with Crippen molar-refractivity contribution in [1.82, 2.24) is 5.32 Å². The molecule has 1 N–H and O–H groups in total. The highest BCUT2D eigenvalue weighted by Gasteiger charge is 2.45. The lowest BCUT2D eigenvalue weighted by Crippen LogP contribution is -2.43. The van der Waals surface area contributed by atoms with Gasteiger partial charge in [0.15, 0.2) is 31.2 Å². The van der Waals surface area contributed by atoms with Gasteiger partial charge in [0.25, 0.3) is 0 Å². The molecule has 30 heavy (non-hydrogen) atoms. The van der Waals surface area contributed by atoms with E-state index in [1.807, 2.05) is 6.07 Å². The number of hydrogen-bond donors (Lipinski definition) is 1. The van der Waals surface area contributed by atoms with Gasteiger partial charge in [0.05, 0.1) is 43.0 Å². The molecule has 2 aromatic rings. The van der Waals surface area contributed by atoms with Crippen LogP contribution in [0.25, 0.3) is 0 Å². The van der Waals surface area contributed by atoms with Gasteiger partial charge in [-0.15, -0.1) is 0 Å². The van der Waals surface area contributed by atoms with Crippen molar-refractivity contribution < 1.29 is 31.0 Å². The second-order valence-corrected chi connectivity index (χ2v) is 11.3. The van der Waals surface area contributed by atoms with E-state index >= 15 is 0 Å². The van der Waals surface area contributed by atoms with E-state index in [2.05, 4.69) is 5.32 Å². The van der Waals surface area contributed by atoms with Crippen LogP contribution in [0.1, 0.15) is 5.56 Å². The highest BCUT2D eigenvalue weighted by Crippen LogP contribution is 2.29. The molecule has 10 heteroatoms. The summed E-state index contributed by atoms with van der Waals surface area (Å²) in [6, 6.07) is 10.6. The molecule has 2 unspecified atom stereocenters. The summed E-state index contributed by atoms with van der Waals surface area (Å²) in [4.78, 5) is 0.0725. The average molecular weight is 456 g/mol. The molecule has 0 radical (unpaired) electrons. The molecule has 3 rings (SSSR count). The molecule has 2 aromatic carbocycles. The Hall–Kier alpha value is -2.30. The Labute approximate surface area is 177 Å². The summed E-state index contributed by atoms with van der Waals surface area (Å²) < 4.78 is 66.4. The predicted molar refractivity (Wildman–Crippen MR) is 113 cm³/mol. The summed E-state index contributed by atoms with van der Waals surface area (Å²) in [5, 5.41) is 2.04. The Kier molecular flexibility index (Phi) is 6.59. The third-order valence-electron chi connectivity index (χ3n) is 5.10. The van der Waals surface area contributed by atoms with Crippen LogP contribution < -0.4 is 19.5 Å². The zero-order chi connectivity index (χ0) is 21.9. The third kappa shape index (κ3) is 4.71. The van der Waals surface area contributed by atoms with Crippen molar-refractivity contribution in [3.05, 3.63) is 48.0 Å². The van der Waals surface area contributed by atoms with Gasteiger partial charge in [0.1, 0.15) is 5.75 Å². The Balaban J connectivity index is 1.82. The molecule has 1 aliphatic rings. The number of sulfone groups is 2. The lowest BCUT2D eigenvalue weighted by Gasteiger charge is -2.20. The van der Waals surface area contributed by atoms with Crippen molar-refractivity contribution in [1.29, 1.82) is 0 Å². The number of ether oxygens (including phenoxy) is 3. The Morgan fingerprint density at radius 3 is 2.20 bits per heavy atom. The van der Waals surface area contributed by atoms with Gasteiger partial charge in [0.2, 0.25) is 0 Å². The minimum absolute atomic E-state index is 0.0725. The summed E-state index contributed by atoms with van der Waals surface area (Å²) in [6.07, 6.45) is 0. The van der Waals surface area contributed by atoms with E-state index in [0.717, 1.165) is 5.56 Å². The molecule has 0 aliphatic carbocycles. The molecular formula is C20H25NO7S2. The smallest absolute Gasteiger partial charge is 0.183 e. The van der Waals surface area contributed by atoms with Gasteiger partial charge in [-0.05, 0) is 42.0 Å². The van der Waals surface area contributed by atoms with Crippen molar-refractivity contribution in [3.8, 4) is 17.2 Å². The van der Waals surface area contributed by atoms with Crippen LogP contribution in [0.15, 0.2) is 47.4 Å². The van der Waals surface area contributed by atoms with Crippen molar-refractivity contribution >= 4 is 19.7 Å². The van der Waals surface area contributed by atoms with Crippen LogP contribution in [-0.2, 0) is 26.2 Å². The molecule has 0 amide bonds. The number of benzene rings is 2. The molecule has 0 saturated carbocycles. The molecule has 1 aliphatic heterocycles. The molecule has 0 bridgehead atoms. The molecule has 0 spiro atoms. The van der Waals surface area contributed by atoms with Gasteiger partial charge in [0, 0.05) is 12.6 Å². The van der Waals surface area contributed by atoms with Crippen molar-refractivity contribution in [2.45, 2.75) is 22.7 Å². The Morgan fingerprint density at radius 1 is 0.933 bits per heavy atom. The summed E-state index contributed by atoms with van der Waals surface area (Å²) in [7, 11) is -2.79. The predicted octanol–water partition coefficient (Wildman–Crippen LogP) is 1.44. The normalized spacial score (nSPS) is 20.6. The average Bonchev–Trinajstić information content (AvgIpc) is 3.07. The van der Waals surface area contributed by atoms with Crippen molar-refractivity contribution in [2.24, 2.45) is 0 Å². The summed E-state index contributed by atoms with van der Waals surface area (Å²) in [5.41, 5.74) is 0.817. The second-order valence-electron chi connectivity index (χ2n) is 7.01. The summed E-state index contributed by atoms with van der Waals surface area (Å²) >= 11 is 0. The maximum absolute atomic E-state index is 13.1. The summed E-state index contributed by atoms with van der Waals surface area (Å²) in [5.74, 6) is 0.990. The van der Waals surface area contributed by atoms with Crippen molar-refractivity contribution in [2.75, 3.05) is 32.8 Å². The van der Waals surface area contributed by atoms with Gasteiger partial charge < -0.3 is 19.5 Å². The van der Waals surface area contributed by atoms with E-state index < -0.39 is 36.7 Å². The van der Waals surface area contributed by atoms with E-state index in [4.69, 9.17) is 14.2 Å². The van der Waals surface area contributed by atoms with Gasteiger partial charge >= 0.3 is 0 Å². The first-order valence-corrected chi connectivity index (χ1v) is 12.6. The number of hydrogen-bond acceptors (Lipinski definition) is 8.